The molecule has 0 aliphatic carbocycles. The summed E-state index contributed by atoms with van der Waals surface area (Å²) in [4.78, 5) is 3.75. The Morgan fingerprint density at radius 3 is 1.38 bits per heavy atom. The lowest BCUT2D eigenvalue weighted by molar-refractivity contribution is 0.634. The molecule has 238 valence electrons. The number of nitrogens with one attached hydrogen (secondary N) is 1. The van der Waals surface area contributed by atoms with Crippen molar-refractivity contribution in [1.29, 1.82) is 0 Å². The van der Waals surface area contributed by atoms with E-state index in [-0.39, 0.29) is 0 Å². The third-order valence-corrected chi connectivity index (χ3v) is 9.51. The van der Waals surface area contributed by atoms with E-state index >= 15 is 0 Å². The van der Waals surface area contributed by atoms with Crippen LogP contribution in [-0.4, -0.2) is 4.98 Å². The first-order chi connectivity index (χ1) is 21.2. The fraction of sp³-hybridized carbons (Fsp3) is 0.455. The van der Waals surface area contributed by atoms with Crippen LogP contribution in [-0.2, 0) is 12.8 Å². The highest BCUT2D eigenvalue weighted by Crippen LogP contribution is 2.42. The van der Waals surface area contributed by atoms with Crippen LogP contribution in [0.3, 0.4) is 0 Å². The van der Waals surface area contributed by atoms with Crippen LogP contribution < -0.4 is 0 Å². The van der Waals surface area contributed by atoms with Gasteiger partial charge < -0.3 is 4.98 Å². The second-order valence-corrected chi connectivity index (χ2v) is 15.8. The molecule has 0 saturated heterocycles. The molecule has 0 unspecified atom stereocenters. The van der Waals surface area contributed by atoms with Crippen LogP contribution in [0.1, 0.15) is 140 Å². The number of benzene rings is 4. The Hall–Kier alpha value is -3.32. The van der Waals surface area contributed by atoms with Gasteiger partial charge in [-0.25, -0.2) is 0 Å². The lowest BCUT2D eigenvalue weighted by Gasteiger charge is -2.23. The van der Waals surface area contributed by atoms with Crippen molar-refractivity contribution >= 4 is 21.8 Å². The zero-order valence-electron chi connectivity index (χ0n) is 30.2. The first kappa shape index (κ1) is 33.1. The molecule has 0 aliphatic heterocycles. The summed E-state index contributed by atoms with van der Waals surface area (Å²) in [6, 6.07) is 24.2. The van der Waals surface area contributed by atoms with E-state index in [1.165, 1.54) is 77.4 Å². The van der Waals surface area contributed by atoms with E-state index < -0.39 is 0 Å². The first-order valence-electron chi connectivity index (χ1n) is 17.6. The molecule has 4 aromatic carbocycles. The molecule has 1 N–H and O–H groups in total. The molecular formula is C44H57N. The van der Waals surface area contributed by atoms with Gasteiger partial charge in [-0.3, -0.25) is 0 Å². The molecule has 0 bridgehead atoms. The summed E-state index contributed by atoms with van der Waals surface area (Å²) in [7, 11) is 0. The number of fused-ring (bicyclic) bond motifs is 3. The monoisotopic (exact) mass is 599 g/mol. The summed E-state index contributed by atoms with van der Waals surface area (Å²) in [5.74, 6) is 3.13. The van der Waals surface area contributed by atoms with Crippen molar-refractivity contribution in [1.82, 2.24) is 4.98 Å². The molecule has 0 radical (unpaired) electrons. The summed E-state index contributed by atoms with van der Waals surface area (Å²) in [6.45, 7) is 28.1. The van der Waals surface area contributed by atoms with Gasteiger partial charge in [-0.15, -0.1) is 0 Å². The van der Waals surface area contributed by atoms with Gasteiger partial charge in [-0.05, 0) is 128 Å². The van der Waals surface area contributed by atoms with E-state index in [0.717, 1.165) is 12.8 Å². The second-order valence-electron chi connectivity index (χ2n) is 15.8. The van der Waals surface area contributed by atoms with Gasteiger partial charge in [0.25, 0.3) is 0 Å². The van der Waals surface area contributed by atoms with Crippen LogP contribution in [0.4, 0.5) is 0 Å². The Morgan fingerprint density at radius 2 is 0.933 bits per heavy atom. The van der Waals surface area contributed by atoms with Crippen molar-refractivity contribution in [3.63, 3.8) is 0 Å². The van der Waals surface area contributed by atoms with Crippen molar-refractivity contribution in [2.45, 2.75) is 120 Å². The molecule has 0 amide bonds. The Balaban J connectivity index is 1.75. The molecule has 5 aromatic rings. The van der Waals surface area contributed by atoms with E-state index in [4.69, 9.17) is 0 Å². The molecule has 1 heterocycles. The molecule has 0 atom stereocenters. The van der Waals surface area contributed by atoms with Crippen LogP contribution in [0.2, 0.25) is 0 Å². The van der Waals surface area contributed by atoms with Crippen molar-refractivity contribution in [3.05, 3.63) is 94.0 Å². The Bertz CT molecular complexity index is 1780. The first-order valence-corrected chi connectivity index (χ1v) is 17.6. The lowest BCUT2D eigenvalue weighted by atomic mass is 9.81. The van der Waals surface area contributed by atoms with Gasteiger partial charge >= 0.3 is 0 Å². The molecule has 1 aromatic heterocycles. The van der Waals surface area contributed by atoms with Gasteiger partial charge in [-0.1, -0.05) is 119 Å². The molecule has 1 heteroatoms. The number of aromatic amines is 1. The third kappa shape index (κ3) is 6.79. The van der Waals surface area contributed by atoms with Gasteiger partial charge in [0.05, 0.1) is 0 Å². The smallest absolute Gasteiger partial charge is 0.0465 e. The van der Waals surface area contributed by atoms with Crippen molar-refractivity contribution in [3.8, 4) is 22.3 Å². The predicted molar refractivity (Wildman–Crippen MR) is 200 cm³/mol. The number of aromatic nitrogens is 1. The second kappa shape index (κ2) is 13.2. The highest BCUT2D eigenvalue weighted by molar-refractivity contribution is 6.10. The third-order valence-electron chi connectivity index (χ3n) is 9.51. The van der Waals surface area contributed by atoms with Gasteiger partial charge in [0.1, 0.15) is 0 Å². The molecule has 1 nitrogen and oxygen atoms in total. The van der Waals surface area contributed by atoms with E-state index in [1.54, 1.807) is 0 Å². The number of rotatable bonds is 10. The number of hydrogen-bond acceptors (Lipinski definition) is 0. The SMILES string of the molecule is CC(C)Cc1cc(CC(C)C)c(-c2ccc3[nH]c4ccc(-c5c(C(C)C)cc(C(C)C)cc5C(C)C)cc4c3c2)c(C(C)C)c1. The van der Waals surface area contributed by atoms with Crippen LogP contribution >= 0.6 is 0 Å². The fourth-order valence-corrected chi connectivity index (χ4v) is 7.29. The minimum absolute atomic E-state index is 0.453. The minimum Gasteiger partial charge on any atom is -0.355 e. The zero-order valence-corrected chi connectivity index (χ0v) is 30.2. The highest BCUT2D eigenvalue weighted by atomic mass is 14.7. The van der Waals surface area contributed by atoms with Crippen LogP contribution in [0.25, 0.3) is 44.1 Å². The molecule has 0 fully saturated rings. The number of H-pyrrole nitrogens is 1. The zero-order chi connectivity index (χ0) is 32.7. The van der Waals surface area contributed by atoms with Gasteiger partial charge in [0, 0.05) is 21.8 Å². The molecule has 0 aliphatic rings. The van der Waals surface area contributed by atoms with Gasteiger partial charge in [-0.2, -0.15) is 0 Å². The van der Waals surface area contributed by atoms with E-state index in [9.17, 15) is 0 Å². The molecule has 45 heavy (non-hydrogen) atoms. The summed E-state index contributed by atoms with van der Waals surface area (Å²) in [5.41, 5.74) is 16.8. The Morgan fingerprint density at radius 1 is 0.467 bits per heavy atom. The average molecular weight is 600 g/mol. The molecule has 0 spiro atoms. The molecule has 0 saturated carbocycles. The largest absolute Gasteiger partial charge is 0.355 e. The van der Waals surface area contributed by atoms with Crippen molar-refractivity contribution in [2.75, 3.05) is 0 Å². The quantitative estimate of drug-likeness (QED) is 0.164. The minimum atomic E-state index is 0.453. The topological polar surface area (TPSA) is 15.8 Å². The van der Waals surface area contributed by atoms with E-state index in [0.29, 0.717) is 35.5 Å². The average Bonchev–Trinajstić information content (AvgIpc) is 3.32. The summed E-state index contributed by atoms with van der Waals surface area (Å²) >= 11 is 0. The number of hydrogen-bond donors (Lipinski definition) is 1. The van der Waals surface area contributed by atoms with Crippen LogP contribution in [0.15, 0.2) is 60.7 Å². The molecular weight excluding hydrogens is 542 g/mol. The highest BCUT2D eigenvalue weighted by Gasteiger charge is 2.21. The van der Waals surface area contributed by atoms with Gasteiger partial charge in [0.2, 0.25) is 0 Å². The maximum absolute atomic E-state index is 3.75. The predicted octanol–water partition coefficient (Wildman–Crippen LogP) is 13.5. The maximum Gasteiger partial charge on any atom is 0.0465 e. The lowest BCUT2D eigenvalue weighted by Crippen LogP contribution is -2.05. The van der Waals surface area contributed by atoms with Crippen molar-refractivity contribution in [2.24, 2.45) is 11.8 Å². The Labute approximate surface area is 273 Å². The van der Waals surface area contributed by atoms with Gasteiger partial charge in [0.15, 0.2) is 0 Å². The normalized spacial score (nSPS) is 12.5. The van der Waals surface area contributed by atoms with Crippen molar-refractivity contribution < 1.29 is 0 Å². The fourth-order valence-electron chi connectivity index (χ4n) is 7.29. The standard InChI is InChI=1S/C44H57N/c1-25(2)17-31-19-35(18-26(3)4)43(36(20-31)28(7)8)32-13-15-41-39(21-32)40-22-33(14-16-42(40)45-41)44-37(29(9)10)23-34(27(5)6)24-38(44)30(11)12/h13-16,19-30,45H,17-18H2,1-12H3. The maximum atomic E-state index is 3.75. The summed E-state index contributed by atoms with van der Waals surface area (Å²) in [6.07, 6.45) is 2.23. The van der Waals surface area contributed by atoms with Crippen LogP contribution in [0, 0.1) is 11.8 Å². The Kier molecular flexibility index (Phi) is 9.69. The molecule has 5 rings (SSSR count). The van der Waals surface area contributed by atoms with E-state index in [1.807, 2.05) is 0 Å². The van der Waals surface area contributed by atoms with E-state index in [2.05, 4.69) is 149 Å². The summed E-state index contributed by atoms with van der Waals surface area (Å²) < 4.78 is 0. The summed E-state index contributed by atoms with van der Waals surface area (Å²) in [5, 5.41) is 2.63. The van der Waals surface area contributed by atoms with Crippen LogP contribution in [0.5, 0.6) is 0 Å².